The van der Waals surface area contributed by atoms with Crippen LogP contribution in [0.3, 0.4) is 0 Å². The Balaban J connectivity index is 1.72. The monoisotopic (exact) mass is 330 g/mol. The van der Waals surface area contributed by atoms with Crippen molar-refractivity contribution >= 4 is 0 Å². The number of imidazole rings is 1. The Morgan fingerprint density at radius 2 is 1.52 bits per heavy atom. The molecule has 1 saturated carbocycles. The highest BCUT2D eigenvalue weighted by atomic mass is 15.1. The molecule has 1 heterocycles. The van der Waals surface area contributed by atoms with Crippen molar-refractivity contribution in [3.63, 3.8) is 0 Å². The minimum atomic E-state index is 0.0474. The predicted octanol–water partition coefficient (Wildman–Crippen LogP) is 5.54. The van der Waals surface area contributed by atoms with Gasteiger partial charge in [-0.3, -0.25) is 0 Å². The maximum atomic E-state index is 4.43. The highest BCUT2D eigenvalue weighted by Crippen LogP contribution is 2.49. The van der Waals surface area contributed by atoms with Crippen LogP contribution in [0.2, 0.25) is 0 Å². The number of aromatic nitrogens is 2. The number of hydrogen-bond donors (Lipinski definition) is 0. The van der Waals surface area contributed by atoms with Gasteiger partial charge in [-0.15, -0.1) is 0 Å². The average Bonchev–Trinajstić information content (AvgIpc) is 3.31. The first-order chi connectivity index (χ1) is 12.2. The second kappa shape index (κ2) is 6.51. The molecular weight excluding hydrogens is 304 g/mol. The summed E-state index contributed by atoms with van der Waals surface area (Å²) in [5, 5.41) is 0. The molecule has 4 rings (SSSR count). The van der Waals surface area contributed by atoms with Gasteiger partial charge in [-0.25, -0.2) is 4.98 Å². The average molecular weight is 330 g/mol. The van der Waals surface area contributed by atoms with Crippen molar-refractivity contribution in [2.45, 2.75) is 44.6 Å². The van der Waals surface area contributed by atoms with Crippen molar-refractivity contribution in [1.82, 2.24) is 9.55 Å². The zero-order valence-corrected chi connectivity index (χ0v) is 15.1. The third-order valence-corrected chi connectivity index (χ3v) is 6.22. The molecule has 0 N–H and O–H groups in total. The van der Waals surface area contributed by atoms with E-state index in [9.17, 15) is 0 Å². The Labute approximate surface area is 150 Å². The quantitative estimate of drug-likeness (QED) is 0.614. The lowest BCUT2D eigenvalue weighted by molar-refractivity contribution is 0.338. The summed E-state index contributed by atoms with van der Waals surface area (Å²) in [5.41, 5.74) is 2.90. The molecule has 1 fully saturated rings. The molecule has 0 bridgehead atoms. The second-order valence-corrected chi connectivity index (χ2v) is 7.48. The summed E-state index contributed by atoms with van der Waals surface area (Å²) in [7, 11) is 0. The molecule has 0 saturated heterocycles. The van der Waals surface area contributed by atoms with E-state index in [2.05, 4.69) is 90.3 Å². The van der Waals surface area contributed by atoms with Crippen LogP contribution in [0.1, 0.15) is 49.2 Å². The summed E-state index contributed by atoms with van der Waals surface area (Å²) < 4.78 is 2.37. The maximum absolute atomic E-state index is 4.43. The van der Waals surface area contributed by atoms with Gasteiger partial charge in [0.25, 0.3) is 0 Å². The minimum Gasteiger partial charge on any atom is -0.332 e. The Morgan fingerprint density at radius 1 is 0.920 bits per heavy atom. The standard InChI is InChI=1S/C23H26N2/c1-18-24-15-16-25(18)22-14-13-21(17-22)23(2,19-9-5-3-6-10-19)20-11-7-4-8-12-20/h3-12,15-16,21-22H,13-14,17H2,1-2H3/t21?,22-/m0/s1. The SMILES string of the molecule is Cc1nccn1[C@H]1CCC(C(C)(c2ccccc2)c2ccccc2)C1. The highest BCUT2D eigenvalue weighted by Gasteiger charge is 2.42. The third kappa shape index (κ3) is 2.80. The maximum Gasteiger partial charge on any atom is 0.105 e. The van der Waals surface area contributed by atoms with Gasteiger partial charge in [0, 0.05) is 23.9 Å². The molecule has 2 heteroatoms. The molecule has 1 aliphatic carbocycles. The molecule has 3 aromatic rings. The van der Waals surface area contributed by atoms with Gasteiger partial charge in [-0.1, -0.05) is 67.6 Å². The zero-order chi connectivity index (χ0) is 17.3. The van der Waals surface area contributed by atoms with Crippen LogP contribution in [-0.2, 0) is 5.41 Å². The molecule has 0 aliphatic heterocycles. The first-order valence-electron chi connectivity index (χ1n) is 9.30. The molecule has 2 aromatic carbocycles. The van der Waals surface area contributed by atoms with Gasteiger partial charge in [0.15, 0.2) is 0 Å². The first-order valence-corrected chi connectivity index (χ1v) is 9.30. The Hall–Kier alpha value is -2.35. The third-order valence-electron chi connectivity index (χ3n) is 6.22. The van der Waals surface area contributed by atoms with Crippen molar-refractivity contribution in [3.8, 4) is 0 Å². The lowest BCUT2D eigenvalue weighted by Crippen LogP contribution is -2.32. The van der Waals surface area contributed by atoms with Gasteiger partial charge in [0.05, 0.1) is 0 Å². The van der Waals surface area contributed by atoms with Gasteiger partial charge >= 0.3 is 0 Å². The first kappa shape index (κ1) is 16.1. The molecular formula is C23H26N2. The van der Waals surface area contributed by atoms with E-state index in [0.29, 0.717) is 12.0 Å². The fourth-order valence-corrected chi connectivity index (χ4v) is 4.72. The van der Waals surface area contributed by atoms with Gasteiger partial charge in [0.2, 0.25) is 0 Å². The van der Waals surface area contributed by atoms with Gasteiger partial charge in [-0.2, -0.15) is 0 Å². The van der Waals surface area contributed by atoms with E-state index < -0.39 is 0 Å². The van der Waals surface area contributed by atoms with Crippen molar-refractivity contribution in [2.75, 3.05) is 0 Å². The number of aryl methyl sites for hydroxylation is 1. The number of rotatable bonds is 4. The van der Waals surface area contributed by atoms with Crippen LogP contribution < -0.4 is 0 Å². The number of hydrogen-bond acceptors (Lipinski definition) is 1. The summed E-state index contributed by atoms with van der Waals surface area (Å²) >= 11 is 0. The van der Waals surface area contributed by atoms with Gasteiger partial charge < -0.3 is 4.57 Å². The molecule has 25 heavy (non-hydrogen) atoms. The minimum absolute atomic E-state index is 0.0474. The van der Waals surface area contributed by atoms with Crippen LogP contribution in [0.5, 0.6) is 0 Å². The van der Waals surface area contributed by atoms with Crippen LogP contribution in [0, 0.1) is 12.8 Å². The van der Waals surface area contributed by atoms with Crippen molar-refractivity contribution in [2.24, 2.45) is 5.92 Å². The molecule has 1 aliphatic rings. The zero-order valence-electron chi connectivity index (χ0n) is 15.1. The van der Waals surface area contributed by atoms with E-state index in [4.69, 9.17) is 0 Å². The summed E-state index contributed by atoms with van der Waals surface area (Å²) in [6.07, 6.45) is 7.76. The fraction of sp³-hybridized carbons (Fsp3) is 0.348. The lowest BCUT2D eigenvalue weighted by Gasteiger charge is -2.37. The van der Waals surface area contributed by atoms with Crippen molar-refractivity contribution < 1.29 is 0 Å². The summed E-state index contributed by atoms with van der Waals surface area (Å²) in [5.74, 6) is 1.76. The van der Waals surface area contributed by atoms with E-state index in [1.54, 1.807) is 0 Å². The molecule has 1 aromatic heterocycles. The molecule has 1 unspecified atom stereocenters. The number of nitrogens with zero attached hydrogens (tertiary/aromatic N) is 2. The van der Waals surface area contributed by atoms with Crippen molar-refractivity contribution in [3.05, 3.63) is 90.0 Å². The smallest absolute Gasteiger partial charge is 0.105 e. The van der Waals surface area contributed by atoms with E-state index in [-0.39, 0.29) is 5.41 Å². The fourth-order valence-electron chi connectivity index (χ4n) is 4.72. The van der Waals surface area contributed by atoms with Crippen LogP contribution in [0.15, 0.2) is 73.1 Å². The van der Waals surface area contributed by atoms with E-state index in [0.717, 1.165) is 5.82 Å². The van der Waals surface area contributed by atoms with E-state index in [1.165, 1.54) is 30.4 Å². The molecule has 2 atom stereocenters. The second-order valence-electron chi connectivity index (χ2n) is 7.48. The largest absolute Gasteiger partial charge is 0.332 e. The van der Waals surface area contributed by atoms with Crippen LogP contribution in [-0.4, -0.2) is 9.55 Å². The molecule has 2 nitrogen and oxygen atoms in total. The Morgan fingerprint density at radius 3 is 2.04 bits per heavy atom. The van der Waals surface area contributed by atoms with Crippen LogP contribution in [0.25, 0.3) is 0 Å². The topological polar surface area (TPSA) is 17.8 Å². The summed E-state index contributed by atoms with van der Waals surface area (Å²) in [6, 6.07) is 22.6. The molecule has 0 amide bonds. The van der Waals surface area contributed by atoms with E-state index in [1.807, 2.05) is 6.20 Å². The molecule has 128 valence electrons. The lowest BCUT2D eigenvalue weighted by atomic mass is 9.66. The number of benzene rings is 2. The highest BCUT2D eigenvalue weighted by molar-refractivity contribution is 5.39. The predicted molar refractivity (Wildman–Crippen MR) is 103 cm³/mol. The summed E-state index contributed by atoms with van der Waals surface area (Å²) in [6.45, 7) is 4.55. The van der Waals surface area contributed by atoms with Crippen molar-refractivity contribution in [1.29, 1.82) is 0 Å². The van der Waals surface area contributed by atoms with Crippen LogP contribution >= 0.6 is 0 Å². The van der Waals surface area contributed by atoms with Gasteiger partial charge in [0.1, 0.15) is 5.82 Å². The molecule has 0 radical (unpaired) electrons. The van der Waals surface area contributed by atoms with Gasteiger partial charge in [-0.05, 0) is 43.2 Å². The summed E-state index contributed by atoms with van der Waals surface area (Å²) in [4.78, 5) is 4.43. The van der Waals surface area contributed by atoms with Crippen LogP contribution in [0.4, 0.5) is 0 Å². The Kier molecular flexibility index (Phi) is 4.20. The Bertz CT molecular complexity index is 780. The van der Waals surface area contributed by atoms with E-state index >= 15 is 0 Å². The normalized spacial score (nSPS) is 20.7. The molecule has 0 spiro atoms.